The zero-order valence-corrected chi connectivity index (χ0v) is 19.0. The number of amides is 1. The molecule has 0 spiro atoms. The minimum atomic E-state index is -0.456. The Morgan fingerprint density at radius 2 is 1.94 bits per heavy atom. The van der Waals surface area contributed by atoms with Crippen LogP contribution in [0.5, 0.6) is 0 Å². The van der Waals surface area contributed by atoms with E-state index in [1.165, 1.54) is 5.56 Å². The van der Waals surface area contributed by atoms with Gasteiger partial charge in [-0.25, -0.2) is 0 Å². The van der Waals surface area contributed by atoms with Gasteiger partial charge < -0.3 is 5.32 Å². The summed E-state index contributed by atoms with van der Waals surface area (Å²) in [5.41, 5.74) is 4.02. The van der Waals surface area contributed by atoms with Gasteiger partial charge in [-0.15, -0.1) is 0 Å². The highest BCUT2D eigenvalue weighted by Gasteiger charge is 2.44. The second-order valence-corrected chi connectivity index (χ2v) is 9.24. The number of hydrogen-bond donors (Lipinski definition) is 1. The van der Waals surface area contributed by atoms with Crippen LogP contribution in [-0.4, -0.2) is 40.4 Å². The van der Waals surface area contributed by atoms with Crippen LogP contribution >= 0.6 is 0 Å². The maximum absolute atomic E-state index is 13.6. The molecule has 1 aliphatic heterocycles. The van der Waals surface area contributed by atoms with Gasteiger partial charge in [0.25, 0.3) is 0 Å². The van der Waals surface area contributed by atoms with E-state index in [9.17, 15) is 4.79 Å². The second-order valence-electron chi connectivity index (χ2n) is 9.24. The van der Waals surface area contributed by atoms with Gasteiger partial charge in [-0.2, -0.15) is 0 Å². The third kappa shape index (κ3) is 5.22. The molecule has 0 unspecified atom stereocenters. The molecule has 1 aromatic carbocycles. The Bertz CT molecular complexity index is 1020. The van der Waals surface area contributed by atoms with E-state index in [1.807, 2.05) is 30.6 Å². The van der Waals surface area contributed by atoms with E-state index < -0.39 is 5.41 Å². The van der Waals surface area contributed by atoms with Crippen molar-refractivity contribution in [3.8, 4) is 11.1 Å². The molecule has 1 fully saturated rings. The average molecular weight is 429 g/mol. The number of aromatic nitrogens is 2. The van der Waals surface area contributed by atoms with Crippen LogP contribution < -0.4 is 5.32 Å². The predicted molar refractivity (Wildman–Crippen MR) is 128 cm³/mol. The quantitative estimate of drug-likeness (QED) is 0.579. The fraction of sp³-hybridized carbons (Fsp3) is 0.370. The third-order valence-corrected chi connectivity index (χ3v) is 6.22. The van der Waals surface area contributed by atoms with Crippen molar-refractivity contribution in [2.45, 2.75) is 33.2 Å². The normalized spacial score (nSPS) is 18.7. The fourth-order valence-electron chi connectivity index (χ4n) is 4.55. The largest absolute Gasteiger partial charge is 0.355 e. The molecule has 0 bridgehead atoms. The standard InChI is InChI=1S/C27H32N4O/c1-21(2)17-30-26(32)27(12-15-31(20-27)19-24-10-5-6-14-29-24)16-22-8-3-4-11-25(22)23-9-7-13-28-18-23/h3-11,13-14,18,21H,12,15-17,19-20H2,1-2H3,(H,30,32)/t27-/m0/s1. The van der Waals surface area contributed by atoms with Gasteiger partial charge in [0, 0.05) is 43.8 Å². The van der Waals surface area contributed by atoms with Crippen LogP contribution in [0.1, 0.15) is 31.5 Å². The molecule has 1 aliphatic rings. The van der Waals surface area contributed by atoms with Crippen molar-refractivity contribution in [3.05, 3.63) is 84.4 Å². The Labute approximate surface area is 190 Å². The van der Waals surface area contributed by atoms with Crippen LogP contribution in [0.2, 0.25) is 0 Å². The molecule has 3 aromatic rings. The molecule has 0 radical (unpaired) electrons. The molecular weight excluding hydrogens is 396 g/mol. The minimum Gasteiger partial charge on any atom is -0.355 e. The van der Waals surface area contributed by atoms with Gasteiger partial charge in [-0.05, 0) is 54.6 Å². The summed E-state index contributed by atoms with van der Waals surface area (Å²) in [6.45, 7) is 7.35. The average Bonchev–Trinajstić information content (AvgIpc) is 3.22. The molecule has 5 nitrogen and oxygen atoms in total. The summed E-state index contributed by atoms with van der Waals surface area (Å²) in [5, 5.41) is 3.24. The molecule has 3 heterocycles. The van der Waals surface area contributed by atoms with Crippen LogP contribution in [0.3, 0.4) is 0 Å². The molecule has 0 saturated carbocycles. The van der Waals surface area contributed by atoms with E-state index in [2.05, 4.69) is 70.4 Å². The van der Waals surface area contributed by atoms with E-state index in [4.69, 9.17) is 0 Å². The van der Waals surface area contributed by atoms with Crippen molar-refractivity contribution in [1.29, 1.82) is 0 Å². The van der Waals surface area contributed by atoms with Gasteiger partial charge in [0.1, 0.15) is 0 Å². The van der Waals surface area contributed by atoms with E-state index in [0.717, 1.165) is 42.9 Å². The van der Waals surface area contributed by atoms with Crippen LogP contribution in [-0.2, 0) is 17.8 Å². The fourth-order valence-corrected chi connectivity index (χ4v) is 4.55. The Kier molecular flexibility index (Phi) is 6.96. The topological polar surface area (TPSA) is 58.1 Å². The van der Waals surface area contributed by atoms with Crippen molar-refractivity contribution in [1.82, 2.24) is 20.2 Å². The zero-order chi connectivity index (χ0) is 22.4. The SMILES string of the molecule is CC(C)CNC(=O)[C@]1(Cc2ccccc2-c2cccnc2)CCN(Cc2ccccn2)C1. The third-order valence-electron chi connectivity index (χ3n) is 6.22. The number of carbonyl (C=O) groups excluding carboxylic acids is 1. The number of hydrogen-bond acceptors (Lipinski definition) is 4. The van der Waals surface area contributed by atoms with Crippen LogP contribution in [0.4, 0.5) is 0 Å². The molecule has 1 saturated heterocycles. The number of carbonyl (C=O) groups is 1. The van der Waals surface area contributed by atoms with Crippen LogP contribution in [0, 0.1) is 11.3 Å². The lowest BCUT2D eigenvalue weighted by molar-refractivity contribution is -0.130. The van der Waals surface area contributed by atoms with Crippen molar-refractivity contribution in [2.75, 3.05) is 19.6 Å². The van der Waals surface area contributed by atoms with E-state index >= 15 is 0 Å². The second kappa shape index (κ2) is 10.0. The highest BCUT2D eigenvalue weighted by Crippen LogP contribution is 2.38. The number of nitrogens with zero attached hydrogens (tertiary/aromatic N) is 3. The lowest BCUT2D eigenvalue weighted by Crippen LogP contribution is -2.45. The first kappa shape index (κ1) is 22.2. The molecular formula is C27H32N4O. The highest BCUT2D eigenvalue weighted by atomic mass is 16.2. The van der Waals surface area contributed by atoms with Crippen molar-refractivity contribution in [3.63, 3.8) is 0 Å². The maximum Gasteiger partial charge on any atom is 0.227 e. The lowest BCUT2D eigenvalue weighted by atomic mass is 9.78. The molecule has 1 N–H and O–H groups in total. The van der Waals surface area contributed by atoms with Crippen molar-refractivity contribution >= 4 is 5.91 Å². The van der Waals surface area contributed by atoms with Gasteiger partial charge in [0.05, 0.1) is 11.1 Å². The first-order valence-electron chi connectivity index (χ1n) is 11.4. The van der Waals surface area contributed by atoms with E-state index in [0.29, 0.717) is 18.9 Å². The Balaban J connectivity index is 1.61. The first-order valence-corrected chi connectivity index (χ1v) is 11.4. The summed E-state index contributed by atoms with van der Waals surface area (Å²) in [5.74, 6) is 0.584. The van der Waals surface area contributed by atoms with Gasteiger partial charge in [0.2, 0.25) is 5.91 Å². The zero-order valence-electron chi connectivity index (χ0n) is 19.0. The number of likely N-dealkylation sites (tertiary alicyclic amines) is 1. The Hall–Kier alpha value is -3.05. The summed E-state index contributed by atoms with van der Waals surface area (Å²) in [4.78, 5) is 24.7. The van der Waals surface area contributed by atoms with Crippen molar-refractivity contribution in [2.24, 2.45) is 11.3 Å². The van der Waals surface area contributed by atoms with Crippen molar-refractivity contribution < 1.29 is 4.79 Å². The predicted octanol–water partition coefficient (Wildman–Crippen LogP) is 4.35. The molecule has 4 rings (SSSR count). The van der Waals surface area contributed by atoms with Gasteiger partial charge in [-0.1, -0.05) is 50.2 Å². The number of benzene rings is 1. The van der Waals surface area contributed by atoms with Crippen LogP contribution in [0.15, 0.2) is 73.2 Å². The molecule has 5 heteroatoms. The molecule has 0 aliphatic carbocycles. The minimum absolute atomic E-state index is 0.163. The van der Waals surface area contributed by atoms with Gasteiger partial charge in [0.15, 0.2) is 0 Å². The summed E-state index contributed by atoms with van der Waals surface area (Å²) < 4.78 is 0. The van der Waals surface area contributed by atoms with Gasteiger partial charge in [-0.3, -0.25) is 19.7 Å². The number of nitrogens with one attached hydrogen (secondary N) is 1. The monoisotopic (exact) mass is 428 g/mol. The van der Waals surface area contributed by atoms with E-state index in [-0.39, 0.29) is 5.91 Å². The summed E-state index contributed by atoms with van der Waals surface area (Å²) in [6.07, 6.45) is 7.07. The Morgan fingerprint density at radius 3 is 2.69 bits per heavy atom. The molecule has 166 valence electrons. The Morgan fingerprint density at radius 1 is 1.09 bits per heavy atom. The summed E-state index contributed by atoms with van der Waals surface area (Å²) in [7, 11) is 0. The highest BCUT2D eigenvalue weighted by molar-refractivity contribution is 5.84. The number of pyridine rings is 2. The summed E-state index contributed by atoms with van der Waals surface area (Å²) in [6, 6.07) is 18.5. The van der Waals surface area contributed by atoms with E-state index in [1.54, 1.807) is 6.20 Å². The molecule has 32 heavy (non-hydrogen) atoms. The lowest BCUT2D eigenvalue weighted by Gasteiger charge is -2.30. The number of rotatable bonds is 8. The smallest absolute Gasteiger partial charge is 0.227 e. The molecule has 1 atom stereocenters. The summed E-state index contributed by atoms with van der Waals surface area (Å²) >= 11 is 0. The first-order chi connectivity index (χ1) is 15.6. The molecule has 1 amide bonds. The van der Waals surface area contributed by atoms with Crippen LogP contribution in [0.25, 0.3) is 11.1 Å². The van der Waals surface area contributed by atoms with Gasteiger partial charge >= 0.3 is 0 Å². The maximum atomic E-state index is 13.6. The molecule has 2 aromatic heterocycles.